The molecule has 2 nitrogen and oxygen atoms in total. The van der Waals surface area contributed by atoms with Crippen molar-refractivity contribution in [1.29, 1.82) is 0 Å². The third kappa shape index (κ3) is 2.48. The summed E-state index contributed by atoms with van der Waals surface area (Å²) < 4.78 is 0. The van der Waals surface area contributed by atoms with Gasteiger partial charge in [0.2, 0.25) is 5.91 Å². The summed E-state index contributed by atoms with van der Waals surface area (Å²) in [6.07, 6.45) is 17.0. The SMILES string of the molecule is CC1(C)C=CC(C2(CCN3CC=CC3=O)CCC2)=CC1. The monoisotopic (exact) mass is 271 g/mol. The summed E-state index contributed by atoms with van der Waals surface area (Å²) >= 11 is 0. The largest absolute Gasteiger partial charge is 0.335 e. The lowest BCUT2D eigenvalue weighted by atomic mass is 9.60. The summed E-state index contributed by atoms with van der Waals surface area (Å²) in [5.74, 6) is 0.189. The van der Waals surface area contributed by atoms with E-state index >= 15 is 0 Å². The topological polar surface area (TPSA) is 20.3 Å². The summed E-state index contributed by atoms with van der Waals surface area (Å²) in [4.78, 5) is 13.6. The Balaban J connectivity index is 1.65. The van der Waals surface area contributed by atoms with Gasteiger partial charge in [0.05, 0.1) is 0 Å². The fraction of sp³-hybridized carbons (Fsp3) is 0.611. The minimum Gasteiger partial charge on any atom is -0.335 e. The third-order valence-corrected chi connectivity index (χ3v) is 5.24. The van der Waals surface area contributed by atoms with E-state index in [1.807, 2.05) is 11.0 Å². The first kappa shape index (κ1) is 13.7. The molecule has 1 heterocycles. The molecule has 20 heavy (non-hydrogen) atoms. The molecule has 108 valence electrons. The second kappa shape index (κ2) is 4.91. The molecule has 0 aromatic heterocycles. The Labute approximate surface area is 122 Å². The fourth-order valence-electron chi connectivity index (χ4n) is 3.53. The molecular weight excluding hydrogens is 246 g/mol. The lowest BCUT2D eigenvalue weighted by Crippen LogP contribution is -2.37. The number of nitrogens with zero attached hydrogens (tertiary/aromatic N) is 1. The maximum atomic E-state index is 11.7. The molecule has 0 atom stereocenters. The molecule has 1 fully saturated rings. The normalized spacial score (nSPS) is 26.6. The molecule has 0 aromatic carbocycles. The van der Waals surface area contributed by atoms with E-state index in [4.69, 9.17) is 0 Å². The van der Waals surface area contributed by atoms with Gasteiger partial charge < -0.3 is 4.90 Å². The van der Waals surface area contributed by atoms with E-state index in [9.17, 15) is 4.79 Å². The van der Waals surface area contributed by atoms with Gasteiger partial charge in [-0.1, -0.05) is 44.6 Å². The maximum Gasteiger partial charge on any atom is 0.246 e. The van der Waals surface area contributed by atoms with Crippen LogP contribution in [0.4, 0.5) is 0 Å². The summed E-state index contributed by atoms with van der Waals surface area (Å²) in [5, 5.41) is 0. The second-order valence-corrected chi connectivity index (χ2v) is 7.26. The molecule has 0 N–H and O–H groups in total. The molecular formula is C18H25NO. The Morgan fingerprint density at radius 3 is 2.55 bits per heavy atom. The Bertz CT molecular complexity index is 492. The maximum absolute atomic E-state index is 11.7. The van der Waals surface area contributed by atoms with Crippen LogP contribution >= 0.6 is 0 Å². The van der Waals surface area contributed by atoms with Crippen molar-refractivity contribution in [2.45, 2.75) is 46.0 Å². The number of allylic oxidation sites excluding steroid dienone is 4. The van der Waals surface area contributed by atoms with Crippen LogP contribution in [0.1, 0.15) is 46.0 Å². The van der Waals surface area contributed by atoms with E-state index in [2.05, 4.69) is 32.1 Å². The van der Waals surface area contributed by atoms with Gasteiger partial charge in [-0.05, 0) is 42.1 Å². The average Bonchev–Trinajstić information content (AvgIpc) is 2.75. The zero-order chi connectivity index (χ0) is 14.2. The van der Waals surface area contributed by atoms with Crippen molar-refractivity contribution in [3.8, 4) is 0 Å². The van der Waals surface area contributed by atoms with Crippen LogP contribution in [0.2, 0.25) is 0 Å². The van der Waals surface area contributed by atoms with Gasteiger partial charge in [0.15, 0.2) is 0 Å². The molecule has 0 saturated heterocycles. The van der Waals surface area contributed by atoms with E-state index in [-0.39, 0.29) is 5.91 Å². The van der Waals surface area contributed by atoms with Crippen LogP contribution in [0, 0.1) is 10.8 Å². The summed E-state index contributed by atoms with van der Waals surface area (Å²) in [7, 11) is 0. The number of rotatable bonds is 4. The van der Waals surface area contributed by atoms with Crippen molar-refractivity contribution in [2.24, 2.45) is 10.8 Å². The van der Waals surface area contributed by atoms with Crippen LogP contribution in [-0.4, -0.2) is 23.9 Å². The lowest BCUT2D eigenvalue weighted by Gasteiger charge is -2.45. The van der Waals surface area contributed by atoms with E-state index in [1.54, 1.807) is 6.08 Å². The molecule has 1 saturated carbocycles. The van der Waals surface area contributed by atoms with Crippen molar-refractivity contribution in [1.82, 2.24) is 4.90 Å². The molecule has 0 spiro atoms. The van der Waals surface area contributed by atoms with Crippen LogP contribution < -0.4 is 0 Å². The number of carbonyl (C=O) groups is 1. The van der Waals surface area contributed by atoms with Gasteiger partial charge in [-0.2, -0.15) is 0 Å². The minimum absolute atomic E-state index is 0.189. The van der Waals surface area contributed by atoms with Crippen molar-refractivity contribution in [2.75, 3.05) is 13.1 Å². The molecule has 2 aliphatic carbocycles. The van der Waals surface area contributed by atoms with Gasteiger partial charge in [-0.25, -0.2) is 0 Å². The molecule has 0 aromatic rings. The number of hydrogen-bond acceptors (Lipinski definition) is 1. The highest BCUT2D eigenvalue weighted by atomic mass is 16.2. The molecule has 1 aliphatic heterocycles. The van der Waals surface area contributed by atoms with Crippen molar-refractivity contribution >= 4 is 5.91 Å². The Hall–Kier alpha value is -1.31. The van der Waals surface area contributed by atoms with Crippen LogP contribution in [0.15, 0.2) is 36.0 Å². The van der Waals surface area contributed by atoms with Crippen LogP contribution in [0.5, 0.6) is 0 Å². The Kier molecular flexibility index (Phi) is 3.35. The van der Waals surface area contributed by atoms with Crippen LogP contribution in [0.3, 0.4) is 0 Å². The number of amides is 1. The number of carbonyl (C=O) groups excluding carboxylic acids is 1. The fourth-order valence-corrected chi connectivity index (χ4v) is 3.53. The zero-order valence-corrected chi connectivity index (χ0v) is 12.7. The summed E-state index contributed by atoms with van der Waals surface area (Å²) in [6.45, 7) is 6.29. The summed E-state index contributed by atoms with van der Waals surface area (Å²) in [6, 6.07) is 0. The van der Waals surface area contributed by atoms with Gasteiger partial charge >= 0.3 is 0 Å². The van der Waals surface area contributed by atoms with Gasteiger partial charge in [0, 0.05) is 19.2 Å². The molecule has 0 bridgehead atoms. The standard InChI is InChI=1S/C18H25NO/c1-17(2)10-6-15(7-11-17)18(8-4-9-18)12-14-19-13-3-5-16(19)20/h3,5-7,10H,4,8-9,11-14H2,1-2H3. The first-order valence-electron chi connectivity index (χ1n) is 7.86. The van der Waals surface area contributed by atoms with Gasteiger partial charge in [-0.3, -0.25) is 4.79 Å². The van der Waals surface area contributed by atoms with E-state index < -0.39 is 0 Å². The highest BCUT2D eigenvalue weighted by Gasteiger charge is 2.40. The van der Waals surface area contributed by atoms with Crippen molar-refractivity contribution < 1.29 is 4.79 Å². The number of hydrogen-bond donors (Lipinski definition) is 0. The highest BCUT2D eigenvalue weighted by Crippen LogP contribution is 2.52. The lowest BCUT2D eigenvalue weighted by molar-refractivity contribution is -0.124. The Morgan fingerprint density at radius 2 is 2.05 bits per heavy atom. The van der Waals surface area contributed by atoms with E-state index in [1.165, 1.54) is 24.8 Å². The van der Waals surface area contributed by atoms with Crippen molar-refractivity contribution in [3.63, 3.8) is 0 Å². The first-order valence-corrected chi connectivity index (χ1v) is 7.86. The molecule has 3 rings (SSSR count). The molecule has 3 aliphatic rings. The molecule has 0 radical (unpaired) electrons. The van der Waals surface area contributed by atoms with E-state index in [0.29, 0.717) is 10.8 Å². The van der Waals surface area contributed by atoms with E-state index in [0.717, 1.165) is 25.9 Å². The highest BCUT2D eigenvalue weighted by molar-refractivity contribution is 5.89. The minimum atomic E-state index is 0.189. The quantitative estimate of drug-likeness (QED) is 0.760. The van der Waals surface area contributed by atoms with Gasteiger partial charge in [-0.15, -0.1) is 0 Å². The zero-order valence-electron chi connectivity index (χ0n) is 12.7. The second-order valence-electron chi connectivity index (χ2n) is 7.26. The first-order chi connectivity index (χ1) is 9.51. The third-order valence-electron chi connectivity index (χ3n) is 5.24. The van der Waals surface area contributed by atoms with Gasteiger partial charge in [0.1, 0.15) is 0 Å². The molecule has 2 heteroatoms. The molecule has 0 unspecified atom stereocenters. The smallest absolute Gasteiger partial charge is 0.246 e. The summed E-state index contributed by atoms with van der Waals surface area (Å²) in [5.41, 5.74) is 2.20. The van der Waals surface area contributed by atoms with Gasteiger partial charge in [0.25, 0.3) is 0 Å². The average molecular weight is 271 g/mol. The van der Waals surface area contributed by atoms with Crippen molar-refractivity contribution in [3.05, 3.63) is 36.0 Å². The predicted octanol–water partition coefficient (Wildman–Crippen LogP) is 3.86. The molecule has 1 amide bonds. The van der Waals surface area contributed by atoms with Crippen LogP contribution in [-0.2, 0) is 4.79 Å². The van der Waals surface area contributed by atoms with Crippen LogP contribution in [0.25, 0.3) is 0 Å². The Morgan fingerprint density at radius 1 is 1.25 bits per heavy atom. The predicted molar refractivity (Wildman–Crippen MR) is 82.2 cm³/mol.